The van der Waals surface area contributed by atoms with Crippen molar-refractivity contribution < 1.29 is 32.3 Å². The number of ether oxygens (including phenoxy) is 1. The van der Waals surface area contributed by atoms with Gasteiger partial charge in [0.25, 0.3) is 0 Å². The lowest BCUT2D eigenvalue weighted by Crippen LogP contribution is -2.75. The van der Waals surface area contributed by atoms with Crippen molar-refractivity contribution in [3.05, 3.63) is 24.3 Å². The van der Waals surface area contributed by atoms with E-state index in [1.807, 2.05) is 0 Å². The van der Waals surface area contributed by atoms with E-state index in [1.165, 1.54) is 12.1 Å². The molecule has 9 nitrogen and oxygen atoms in total. The first kappa shape index (κ1) is 24.3. The number of nitrogens with zero attached hydrogens (tertiary/aromatic N) is 1. The molecular weight excluding hydrogens is 455 g/mol. The summed E-state index contributed by atoms with van der Waals surface area (Å²) in [4.78, 5) is 40.7. The molecule has 5 atom stereocenters. The number of nitrogens with one attached hydrogen (secondary N) is 4. The van der Waals surface area contributed by atoms with Crippen LogP contribution in [-0.2, 0) is 14.4 Å². The van der Waals surface area contributed by atoms with Gasteiger partial charge < -0.3 is 20.7 Å². The van der Waals surface area contributed by atoms with E-state index in [-0.39, 0.29) is 23.9 Å². The maximum atomic E-state index is 13.1. The number of hydrogen-bond donors (Lipinski definition) is 4. The quantitative estimate of drug-likeness (QED) is 0.509. The van der Waals surface area contributed by atoms with Gasteiger partial charge in [0.05, 0.1) is 18.0 Å². The van der Waals surface area contributed by atoms with Gasteiger partial charge in [-0.3, -0.25) is 24.6 Å². The van der Waals surface area contributed by atoms with E-state index in [0.717, 1.165) is 44.4 Å². The topological polar surface area (TPSA) is 112 Å². The summed E-state index contributed by atoms with van der Waals surface area (Å²) in [5, 5.41) is 11.5. The molecule has 3 heterocycles. The number of anilines is 1. The number of benzene rings is 1. The second-order valence-corrected chi connectivity index (χ2v) is 8.82. The molecule has 0 saturated carbocycles. The average Bonchev–Trinajstić information content (AvgIpc) is 2.77. The third kappa shape index (κ3) is 5.44. The minimum Gasteiger partial charge on any atom is -0.406 e. The molecule has 4 rings (SSSR count). The second-order valence-electron chi connectivity index (χ2n) is 8.82. The number of fused-ring (bicyclic) bond motifs is 1. The van der Waals surface area contributed by atoms with Crippen LogP contribution < -0.4 is 26.0 Å². The summed E-state index contributed by atoms with van der Waals surface area (Å²) in [6, 6.07) is 5.14. The van der Waals surface area contributed by atoms with Crippen molar-refractivity contribution in [3.8, 4) is 5.75 Å². The molecule has 3 amide bonds. The number of carbonyl (C=O) groups excluding carboxylic acids is 3. The lowest BCUT2D eigenvalue weighted by atomic mass is 9.81. The van der Waals surface area contributed by atoms with Crippen LogP contribution in [0, 0.1) is 11.8 Å². The van der Waals surface area contributed by atoms with Gasteiger partial charge in [0.2, 0.25) is 17.7 Å². The van der Waals surface area contributed by atoms with Crippen LogP contribution in [0.15, 0.2) is 24.3 Å². The van der Waals surface area contributed by atoms with Gasteiger partial charge in [0.1, 0.15) is 12.0 Å². The highest BCUT2D eigenvalue weighted by atomic mass is 19.4. The van der Waals surface area contributed by atoms with Crippen molar-refractivity contribution in [2.75, 3.05) is 11.9 Å². The van der Waals surface area contributed by atoms with E-state index >= 15 is 0 Å². The molecule has 3 aliphatic rings. The van der Waals surface area contributed by atoms with Gasteiger partial charge in [0, 0.05) is 30.8 Å². The van der Waals surface area contributed by atoms with Gasteiger partial charge in [-0.05, 0) is 31.4 Å². The molecule has 0 radical (unpaired) electrons. The predicted molar refractivity (Wildman–Crippen MR) is 115 cm³/mol. The average molecular weight is 483 g/mol. The molecule has 0 aliphatic carbocycles. The van der Waals surface area contributed by atoms with Crippen molar-refractivity contribution >= 4 is 23.4 Å². The summed E-state index contributed by atoms with van der Waals surface area (Å²) in [5.41, 5.74) is 0.0652. The number of hydrogen-bond acceptors (Lipinski definition) is 6. The summed E-state index contributed by atoms with van der Waals surface area (Å²) < 4.78 is 41.4. The number of alkyl halides is 3. The summed E-state index contributed by atoms with van der Waals surface area (Å²) in [6.45, 7) is 2.90. The fourth-order valence-electron chi connectivity index (χ4n) is 5.04. The highest BCUT2D eigenvalue weighted by molar-refractivity contribution is 6.00. The smallest absolute Gasteiger partial charge is 0.406 e. The zero-order valence-electron chi connectivity index (χ0n) is 18.7. The van der Waals surface area contributed by atoms with Crippen molar-refractivity contribution in [1.29, 1.82) is 0 Å². The molecule has 4 N–H and O–H groups in total. The summed E-state index contributed by atoms with van der Waals surface area (Å²) >= 11 is 0. The van der Waals surface area contributed by atoms with E-state index in [2.05, 4.69) is 37.8 Å². The molecule has 3 aliphatic heterocycles. The standard InChI is InChI=1S/C22H28F3N5O4/c1-2-13-7-3-4-9-30(13)21-28-18-17(20(33)29-21)15(11-16(31)27-18)19(32)26-12-6-5-8-14(10-12)34-22(23,24)25/h5-6,8,10,13,15,17-18,21,28H,2-4,7,9,11H2,1H3,(H,26,32)(H,27,31)(H,29,33). The molecule has 0 aromatic heterocycles. The minimum atomic E-state index is -4.87. The van der Waals surface area contributed by atoms with Crippen LogP contribution in [0.2, 0.25) is 0 Å². The SMILES string of the molecule is CCC1CCCCN1C1NC(=O)C2C(NC(=O)CC2C(=O)Nc2cccc(OC(F)(F)F)c2)N1. The molecule has 0 bridgehead atoms. The number of rotatable bonds is 5. The Hall–Kier alpha value is -2.86. The maximum absolute atomic E-state index is 13.1. The monoisotopic (exact) mass is 483 g/mol. The third-order valence-corrected chi connectivity index (χ3v) is 6.58. The molecule has 34 heavy (non-hydrogen) atoms. The summed E-state index contributed by atoms with van der Waals surface area (Å²) in [6.07, 6.45) is -2.21. The molecule has 5 unspecified atom stereocenters. The van der Waals surface area contributed by atoms with Crippen molar-refractivity contribution in [1.82, 2.24) is 20.9 Å². The molecular formula is C22H28F3N5O4. The molecule has 186 valence electrons. The van der Waals surface area contributed by atoms with Gasteiger partial charge in [-0.2, -0.15) is 0 Å². The van der Waals surface area contributed by atoms with E-state index in [0.29, 0.717) is 6.04 Å². The number of piperidine rings is 2. The van der Waals surface area contributed by atoms with Crippen molar-refractivity contribution in [2.45, 2.75) is 63.9 Å². The number of amides is 3. The molecule has 3 fully saturated rings. The van der Waals surface area contributed by atoms with Crippen LogP contribution in [0.4, 0.5) is 18.9 Å². The highest BCUT2D eigenvalue weighted by Gasteiger charge is 2.49. The van der Waals surface area contributed by atoms with Gasteiger partial charge in [0.15, 0.2) is 0 Å². The second kappa shape index (κ2) is 9.79. The molecule has 1 aromatic carbocycles. The Kier molecular flexibility index (Phi) is 6.99. The maximum Gasteiger partial charge on any atom is 0.573 e. The zero-order chi connectivity index (χ0) is 24.5. The van der Waals surface area contributed by atoms with Gasteiger partial charge in [-0.15, -0.1) is 13.2 Å². The largest absolute Gasteiger partial charge is 0.573 e. The number of likely N-dealkylation sites (tertiary alicyclic amines) is 1. The summed E-state index contributed by atoms with van der Waals surface area (Å²) in [5.74, 6) is -3.73. The first-order valence-corrected chi connectivity index (χ1v) is 11.4. The number of halogens is 3. The lowest BCUT2D eigenvalue weighted by molar-refractivity contribution is -0.274. The van der Waals surface area contributed by atoms with Crippen LogP contribution in [0.3, 0.4) is 0 Å². The molecule has 1 aromatic rings. The zero-order valence-corrected chi connectivity index (χ0v) is 18.7. The van der Waals surface area contributed by atoms with Crippen LogP contribution in [0.25, 0.3) is 0 Å². The molecule has 3 saturated heterocycles. The van der Waals surface area contributed by atoms with Crippen LogP contribution in [0.5, 0.6) is 5.75 Å². The fraction of sp³-hybridized carbons (Fsp3) is 0.591. The predicted octanol–water partition coefficient (Wildman–Crippen LogP) is 1.87. The van der Waals surface area contributed by atoms with Gasteiger partial charge >= 0.3 is 6.36 Å². The first-order chi connectivity index (χ1) is 16.1. The van der Waals surface area contributed by atoms with Crippen LogP contribution in [-0.4, -0.2) is 54.0 Å². The van der Waals surface area contributed by atoms with E-state index < -0.39 is 42.3 Å². The van der Waals surface area contributed by atoms with Crippen LogP contribution >= 0.6 is 0 Å². The minimum absolute atomic E-state index is 0.0652. The Morgan fingerprint density at radius 2 is 2.03 bits per heavy atom. The summed E-state index contributed by atoms with van der Waals surface area (Å²) in [7, 11) is 0. The lowest BCUT2D eigenvalue weighted by Gasteiger charge is -2.49. The Balaban J connectivity index is 1.47. The van der Waals surface area contributed by atoms with E-state index in [1.54, 1.807) is 0 Å². The third-order valence-electron chi connectivity index (χ3n) is 6.58. The van der Waals surface area contributed by atoms with E-state index in [4.69, 9.17) is 0 Å². The van der Waals surface area contributed by atoms with Gasteiger partial charge in [-0.25, -0.2) is 0 Å². The number of carbonyl (C=O) groups is 3. The van der Waals surface area contributed by atoms with Crippen molar-refractivity contribution in [2.24, 2.45) is 11.8 Å². The Bertz CT molecular complexity index is 943. The molecule has 0 spiro atoms. The van der Waals surface area contributed by atoms with Crippen LogP contribution in [0.1, 0.15) is 39.0 Å². The Morgan fingerprint density at radius 1 is 1.24 bits per heavy atom. The van der Waals surface area contributed by atoms with Gasteiger partial charge in [-0.1, -0.05) is 19.4 Å². The Morgan fingerprint density at radius 3 is 2.76 bits per heavy atom. The molecule has 12 heteroatoms. The normalized spacial score (nSPS) is 30.1. The Labute approximate surface area is 194 Å². The highest BCUT2D eigenvalue weighted by Crippen LogP contribution is 2.31. The first-order valence-electron chi connectivity index (χ1n) is 11.4. The van der Waals surface area contributed by atoms with Crippen molar-refractivity contribution in [3.63, 3.8) is 0 Å². The van der Waals surface area contributed by atoms with E-state index in [9.17, 15) is 27.6 Å². The fourth-order valence-corrected chi connectivity index (χ4v) is 5.04.